The van der Waals surface area contributed by atoms with Crippen molar-refractivity contribution in [1.29, 1.82) is 0 Å². The largest absolute Gasteiger partial charge is 0.454 e. The minimum Gasteiger partial charge on any atom is -0.454 e. The minimum absolute atomic E-state index is 0.00446. The summed E-state index contributed by atoms with van der Waals surface area (Å²) in [4.78, 5) is 10.5. The Morgan fingerprint density at radius 1 is 1.25 bits per heavy atom. The number of nitrogens with one attached hydrogen (secondary N) is 1. The summed E-state index contributed by atoms with van der Waals surface area (Å²) >= 11 is 0. The summed E-state index contributed by atoms with van der Waals surface area (Å²) < 4.78 is 10.6. The van der Waals surface area contributed by atoms with Crippen LogP contribution in [0.25, 0.3) is 0 Å². The van der Waals surface area contributed by atoms with Gasteiger partial charge >= 0.3 is 0 Å². The van der Waals surface area contributed by atoms with E-state index in [-0.39, 0.29) is 12.5 Å². The van der Waals surface area contributed by atoms with E-state index in [0.29, 0.717) is 5.69 Å². The zero-order chi connectivity index (χ0) is 16.9. The van der Waals surface area contributed by atoms with Gasteiger partial charge < -0.3 is 9.47 Å². The Morgan fingerprint density at radius 2 is 2.04 bits per heavy atom. The molecule has 0 spiro atoms. The van der Waals surface area contributed by atoms with Crippen molar-refractivity contribution >= 4 is 17.1 Å². The van der Waals surface area contributed by atoms with Gasteiger partial charge in [0, 0.05) is 11.8 Å². The molecular weight excluding hydrogens is 310 g/mol. The number of nitro groups is 1. The second kappa shape index (κ2) is 6.99. The number of nitrogens with zero attached hydrogens (tertiary/aromatic N) is 2. The Bertz CT molecular complexity index is 789. The van der Waals surface area contributed by atoms with Crippen LogP contribution in [0, 0.1) is 10.1 Å². The standard InChI is InChI=1S/C17H17N3O4/c1-12(18-19-14-4-2-3-5-15(14)20(21)22)6-7-13-8-9-16-17(10-13)24-11-23-16/h2-5,8-10,19H,6-7,11H2,1H3. The quantitative estimate of drug-likeness (QED) is 0.496. The third kappa shape index (κ3) is 3.62. The monoisotopic (exact) mass is 327 g/mol. The van der Waals surface area contributed by atoms with E-state index < -0.39 is 4.92 Å². The van der Waals surface area contributed by atoms with Gasteiger partial charge in [0.2, 0.25) is 6.79 Å². The number of anilines is 1. The summed E-state index contributed by atoms with van der Waals surface area (Å²) in [5.41, 5.74) is 5.14. The molecule has 0 fully saturated rings. The number of para-hydroxylation sites is 2. The molecule has 0 atom stereocenters. The maximum atomic E-state index is 11.0. The van der Waals surface area contributed by atoms with E-state index in [1.807, 2.05) is 25.1 Å². The van der Waals surface area contributed by atoms with Crippen LogP contribution in [0.1, 0.15) is 18.9 Å². The molecule has 1 aliphatic rings. The lowest BCUT2D eigenvalue weighted by Crippen LogP contribution is -2.01. The van der Waals surface area contributed by atoms with E-state index in [9.17, 15) is 10.1 Å². The highest BCUT2D eigenvalue weighted by Crippen LogP contribution is 2.32. The average molecular weight is 327 g/mol. The number of fused-ring (bicyclic) bond motifs is 1. The van der Waals surface area contributed by atoms with Crippen molar-refractivity contribution in [3.05, 3.63) is 58.1 Å². The summed E-state index contributed by atoms with van der Waals surface area (Å²) in [5.74, 6) is 1.53. The first-order valence-corrected chi connectivity index (χ1v) is 7.54. The van der Waals surface area contributed by atoms with E-state index in [2.05, 4.69) is 10.5 Å². The number of hydrazone groups is 1. The van der Waals surface area contributed by atoms with Crippen LogP contribution in [-0.4, -0.2) is 17.4 Å². The first kappa shape index (κ1) is 15.8. The molecule has 0 aromatic heterocycles. The molecular formula is C17H17N3O4. The van der Waals surface area contributed by atoms with Gasteiger partial charge in [-0.2, -0.15) is 5.10 Å². The van der Waals surface area contributed by atoms with E-state index in [0.717, 1.165) is 35.6 Å². The number of ether oxygens (including phenoxy) is 2. The molecule has 0 saturated heterocycles. The normalized spacial score (nSPS) is 13.0. The van der Waals surface area contributed by atoms with Crippen LogP contribution in [0.3, 0.4) is 0 Å². The molecule has 1 heterocycles. The van der Waals surface area contributed by atoms with Crippen molar-refractivity contribution in [3.63, 3.8) is 0 Å². The van der Waals surface area contributed by atoms with Crippen LogP contribution in [0.4, 0.5) is 11.4 Å². The van der Waals surface area contributed by atoms with Gasteiger partial charge in [-0.05, 0) is 43.5 Å². The summed E-state index contributed by atoms with van der Waals surface area (Å²) in [7, 11) is 0. The molecule has 124 valence electrons. The topological polar surface area (TPSA) is 86.0 Å². The summed E-state index contributed by atoms with van der Waals surface area (Å²) in [6, 6.07) is 12.3. The van der Waals surface area contributed by atoms with Gasteiger partial charge in [0.15, 0.2) is 11.5 Å². The Morgan fingerprint density at radius 3 is 2.88 bits per heavy atom. The highest BCUT2D eigenvalue weighted by Gasteiger charge is 2.13. The summed E-state index contributed by atoms with van der Waals surface area (Å²) in [6.07, 6.45) is 1.53. The molecule has 0 amide bonds. The molecule has 1 aliphatic heterocycles. The zero-order valence-electron chi connectivity index (χ0n) is 13.2. The van der Waals surface area contributed by atoms with E-state index in [1.165, 1.54) is 6.07 Å². The molecule has 0 aliphatic carbocycles. The van der Waals surface area contributed by atoms with Gasteiger partial charge in [-0.25, -0.2) is 0 Å². The predicted molar refractivity (Wildman–Crippen MR) is 90.7 cm³/mol. The molecule has 7 heteroatoms. The van der Waals surface area contributed by atoms with E-state index in [4.69, 9.17) is 9.47 Å². The third-order valence-electron chi connectivity index (χ3n) is 3.68. The number of hydrogen-bond acceptors (Lipinski definition) is 6. The predicted octanol–water partition coefficient (Wildman–Crippen LogP) is 3.74. The molecule has 2 aromatic rings. The minimum atomic E-state index is -0.431. The number of hydrogen-bond donors (Lipinski definition) is 1. The van der Waals surface area contributed by atoms with Crippen LogP contribution < -0.4 is 14.9 Å². The van der Waals surface area contributed by atoms with Gasteiger partial charge in [-0.3, -0.25) is 15.5 Å². The average Bonchev–Trinajstić information content (AvgIpc) is 3.06. The lowest BCUT2D eigenvalue weighted by molar-refractivity contribution is -0.384. The number of nitro benzene ring substituents is 1. The summed E-state index contributed by atoms with van der Waals surface area (Å²) in [5, 5.41) is 15.2. The maximum absolute atomic E-state index is 11.0. The Kier molecular flexibility index (Phi) is 4.60. The molecule has 0 saturated carbocycles. The lowest BCUT2D eigenvalue weighted by atomic mass is 10.1. The van der Waals surface area contributed by atoms with Crippen LogP contribution >= 0.6 is 0 Å². The van der Waals surface area contributed by atoms with Gasteiger partial charge in [0.1, 0.15) is 5.69 Å². The first-order chi connectivity index (χ1) is 11.6. The van der Waals surface area contributed by atoms with Gasteiger partial charge in [-0.1, -0.05) is 18.2 Å². The number of benzene rings is 2. The zero-order valence-corrected chi connectivity index (χ0v) is 13.2. The van der Waals surface area contributed by atoms with Gasteiger partial charge in [0.25, 0.3) is 5.69 Å². The second-order valence-electron chi connectivity index (χ2n) is 5.42. The molecule has 0 bridgehead atoms. The Labute approximate surface area is 139 Å². The van der Waals surface area contributed by atoms with Crippen molar-refractivity contribution in [2.75, 3.05) is 12.2 Å². The van der Waals surface area contributed by atoms with Crippen LogP contribution in [0.2, 0.25) is 0 Å². The SMILES string of the molecule is CC(CCc1ccc2c(c1)OCO2)=NNc1ccccc1[N+](=O)[O-]. The van der Waals surface area contributed by atoms with Gasteiger partial charge in [-0.15, -0.1) is 0 Å². The molecule has 0 radical (unpaired) electrons. The van der Waals surface area contributed by atoms with Crippen molar-refractivity contribution in [2.24, 2.45) is 5.10 Å². The highest BCUT2D eigenvalue weighted by molar-refractivity contribution is 5.83. The molecule has 2 aromatic carbocycles. The summed E-state index contributed by atoms with van der Waals surface area (Å²) in [6.45, 7) is 2.15. The molecule has 3 rings (SSSR count). The molecule has 0 unspecified atom stereocenters. The van der Waals surface area contributed by atoms with Crippen molar-refractivity contribution in [3.8, 4) is 11.5 Å². The van der Waals surface area contributed by atoms with Crippen molar-refractivity contribution in [2.45, 2.75) is 19.8 Å². The fourth-order valence-corrected chi connectivity index (χ4v) is 2.36. The fourth-order valence-electron chi connectivity index (χ4n) is 2.36. The van der Waals surface area contributed by atoms with Crippen LogP contribution in [0.15, 0.2) is 47.6 Å². The number of aryl methyl sites for hydroxylation is 1. The molecule has 1 N–H and O–H groups in total. The first-order valence-electron chi connectivity index (χ1n) is 7.54. The van der Waals surface area contributed by atoms with Crippen molar-refractivity contribution in [1.82, 2.24) is 0 Å². The Hall–Kier alpha value is -3.09. The Balaban J connectivity index is 1.60. The van der Waals surface area contributed by atoms with E-state index >= 15 is 0 Å². The van der Waals surface area contributed by atoms with Crippen molar-refractivity contribution < 1.29 is 14.4 Å². The number of rotatable bonds is 6. The third-order valence-corrected chi connectivity index (χ3v) is 3.68. The van der Waals surface area contributed by atoms with E-state index in [1.54, 1.807) is 18.2 Å². The fraction of sp³-hybridized carbons (Fsp3) is 0.235. The lowest BCUT2D eigenvalue weighted by Gasteiger charge is -2.05. The second-order valence-corrected chi connectivity index (χ2v) is 5.42. The highest BCUT2D eigenvalue weighted by atomic mass is 16.7. The van der Waals surface area contributed by atoms with Gasteiger partial charge in [0.05, 0.1) is 4.92 Å². The van der Waals surface area contributed by atoms with Crippen LogP contribution in [-0.2, 0) is 6.42 Å². The maximum Gasteiger partial charge on any atom is 0.294 e. The molecule has 7 nitrogen and oxygen atoms in total. The smallest absolute Gasteiger partial charge is 0.294 e. The molecule has 24 heavy (non-hydrogen) atoms. The van der Waals surface area contributed by atoms with Crippen LogP contribution in [0.5, 0.6) is 11.5 Å².